The number of hydrogen-bond donors (Lipinski definition) is 3. The number of amides is 2. The average Bonchev–Trinajstić information content (AvgIpc) is 3.15. The molecule has 30 heavy (non-hydrogen) atoms. The molecule has 0 saturated carbocycles. The summed E-state index contributed by atoms with van der Waals surface area (Å²) in [5, 5.41) is 11.5. The number of carboxylic acid groups (broad SMARTS) is 1. The topological polar surface area (TPSA) is 86.7 Å². The first-order valence-corrected chi connectivity index (χ1v) is 11.3. The van der Waals surface area contributed by atoms with Gasteiger partial charge in [0.25, 0.3) is 0 Å². The van der Waals surface area contributed by atoms with E-state index in [1.807, 2.05) is 54.6 Å². The minimum atomic E-state index is -1.03. The number of thiol groups is 1. The monoisotopic (exact) mass is 442 g/mol. The lowest BCUT2D eigenvalue weighted by molar-refractivity contribution is -0.150. The van der Waals surface area contributed by atoms with E-state index in [9.17, 15) is 19.5 Å². The number of nitrogens with zero attached hydrogens (tertiary/aromatic N) is 1. The number of hydrogen-bond acceptors (Lipinski definition) is 5. The van der Waals surface area contributed by atoms with Crippen molar-refractivity contribution in [3.8, 4) is 0 Å². The van der Waals surface area contributed by atoms with Crippen molar-refractivity contribution >= 4 is 42.2 Å². The predicted octanol–water partition coefficient (Wildman–Crippen LogP) is 2.30. The van der Waals surface area contributed by atoms with Crippen LogP contribution in [-0.2, 0) is 27.2 Å². The molecule has 2 aromatic carbocycles. The molecule has 0 bridgehead atoms. The average molecular weight is 443 g/mol. The molecule has 2 heterocycles. The van der Waals surface area contributed by atoms with Crippen LogP contribution in [0.4, 0.5) is 0 Å². The van der Waals surface area contributed by atoms with Crippen molar-refractivity contribution in [1.82, 2.24) is 10.2 Å². The molecular formula is C22H22N2O4S2. The number of aliphatic carboxylic acids is 1. The van der Waals surface area contributed by atoms with Gasteiger partial charge >= 0.3 is 5.97 Å². The number of carbonyl (C=O) groups excluding carboxylic acids is 2. The maximum absolute atomic E-state index is 13.3. The molecule has 0 aromatic heterocycles. The molecule has 156 valence electrons. The Hall–Kier alpha value is -2.45. The highest BCUT2D eigenvalue weighted by Gasteiger charge is 2.47. The number of benzene rings is 2. The summed E-state index contributed by atoms with van der Waals surface area (Å²) in [5.41, 5.74) is 2.86. The molecule has 0 radical (unpaired) electrons. The van der Waals surface area contributed by atoms with Crippen LogP contribution in [0.2, 0.25) is 0 Å². The molecule has 2 aliphatic rings. The van der Waals surface area contributed by atoms with E-state index in [1.165, 1.54) is 16.7 Å². The number of nitrogens with one attached hydrogen (secondary N) is 1. The Morgan fingerprint density at radius 1 is 1.17 bits per heavy atom. The van der Waals surface area contributed by atoms with Crippen molar-refractivity contribution in [2.45, 2.75) is 35.5 Å². The lowest BCUT2D eigenvalue weighted by atomic mass is 10.0. The molecule has 2 aromatic rings. The van der Waals surface area contributed by atoms with Crippen molar-refractivity contribution in [2.24, 2.45) is 0 Å². The SMILES string of the molecule is O=C(N[C@H]1Cc2ccccc2[C@H]2SC[C@@H](C(=O)O)N2C1=O)[C@@H](S)Cc1ccccc1. The largest absolute Gasteiger partial charge is 0.480 e. The Balaban J connectivity index is 1.57. The van der Waals surface area contributed by atoms with Gasteiger partial charge in [0.15, 0.2) is 0 Å². The van der Waals surface area contributed by atoms with Crippen LogP contribution in [0, 0.1) is 0 Å². The highest BCUT2D eigenvalue weighted by atomic mass is 32.2. The molecular weight excluding hydrogens is 420 g/mol. The van der Waals surface area contributed by atoms with Crippen LogP contribution < -0.4 is 5.32 Å². The first-order valence-electron chi connectivity index (χ1n) is 9.72. The zero-order valence-corrected chi connectivity index (χ0v) is 17.8. The lowest BCUT2D eigenvalue weighted by Gasteiger charge is -2.29. The zero-order valence-electron chi connectivity index (χ0n) is 16.1. The third kappa shape index (κ3) is 4.06. The fourth-order valence-corrected chi connectivity index (χ4v) is 5.74. The van der Waals surface area contributed by atoms with E-state index in [4.69, 9.17) is 0 Å². The molecule has 1 fully saturated rings. The quantitative estimate of drug-likeness (QED) is 0.619. The highest BCUT2D eigenvalue weighted by Crippen LogP contribution is 2.44. The van der Waals surface area contributed by atoms with Crippen LogP contribution in [0.1, 0.15) is 22.1 Å². The van der Waals surface area contributed by atoms with Crippen LogP contribution in [0.3, 0.4) is 0 Å². The zero-order chi connectivity index (χ0) is 21.3. The smallest absolute Gasteiger partial charge is 0.327 e. The van der Waals surface area contributed by atoms with Crippen molar-refractivity contribution in [3.63, 3.8) is 0 Å². The van der Waals surface area contributed by atoms with Gasteiger partial charge in [0.2, 0.25) is 11.8 Å². The van der Waals surface area contributed by atoms with E-state index in [-0.39, 0.29) is 17.2 Å². The third-order valence-electron chi connectivity index (χ3n) is 5.47. The first kappa shape index (κ1) is 20.8. The number of carboxylic acids is 1. The van der Waals surface area contributed by atoms with Crippen LogP contribution in [0.5, 0.6) is 0 Å². The maximum Gasteiger partial charge on any atom is 0.327 e. The molecule has 4 atom stereocenters. The summed E-state index contributed by atoms with van der Waals surface area (Å²) in [6, 6.07) is 15.5. The van der Waals surface area contributed by atoms with Crippen LogP contribution in [0.15, 0.2) is 54.6 Å². The van der Waals surface area contributed by atoms with Crippen molar-refractivity contribution in [2.75, 3.05) is 5.75 Å². The summed E-state index contributed by atoms with van der Waals surface area (Å²) in [5.74, 6) is -1.40. The minimum Gasteiger partial charge on any atom is -0.480 e. The molecule has 2 N–H and O–H groups in total. The number of fused-ring (bicyclic) bond motifs is 3. The summed E-state index contributed by atoms with van der Waals surface area (Å²) in [6.07, 6.45) is 0.764. The predicted molar refractivity (Wildman–Crippen MR) is 118 cm³/mol. The summed E-state index contributed by atoms with van der Waals surface area (Å²) >= 11 is 5.89. The second-order valence-electron chi connectivity index (χ2n) is 7.45. The van der Waals surface area contributed by atoms with Gasteiger partial charge in [-0.2, -0.15) is 12.6 Å². The van der Waals surface area contributed by atoms with Gasteiger partial charge in [-0.15, -0.1) is 11.8 Å². The van der Waals surface area contributed by atoms with Crippen LogP contribution >= 0.6 is 24.4 Å². The van der Waals surface area contributed by atoms with Gasteiger partial charge in [-0.05, 0) is 23.1 Å². The molecule has 8 heteroatoms. The molecule has 0 unspecified atom stereocenters. The third-order valence-corrected chi connectivity index (χ3v) is 7.20. The Kier molecular flexibility index (Phi) is 6.06. The van der Waals surface area contributed by atoms with Crippen LogP contribution in [0.25, 0.3) is 0 Å². The Morgan fingerprint density at radius 2 is 1.87 bits per heavy atom. The Morgan fingerprint density at radius 3 is 2.60 bits per heavy atom. The Labute approximate surface area is 184 Å². The fraction of sp³-hybridized carbons (Fsp3) is 0.318. The minimum absolute atomic E-state index is 0.323. The normalized spacial score (nSPS) is 23.8. The standard InChI is InChI=1S/C22H22N2O4S2/c25-19(18(29)10-13-6-2-1-3-7-13)23-16-11-14-8-4-5-9-15(14)21-24(20(16)26)17(12-30-21)22(27)28/h1-9,16-18,21,29H,10-12H2,(H,23,25)(H,27,28)/t16-,17-,18-,21+/m0/s1. The summed E-state index contributed by atoms with van der Waals surface area (Å²) in [7, 11) is 0. The van der Waals surface area contributed by atoms with E-state index in [0.717, 1.165) is 16.7 Å². The van der Waals surface area contributed by atoms with E-state index in [1.54, 1.807) is 0 Å². The number of carbonyl (C=O) groups is 3. The van der Waals surface area contributed by atoms with Gasteiger partial charge in [0.1, 0.15) is 17.5 Å². The van der Waals surface area contributed by atoms with Gasteiger partial charge < -0.3 is 15.3 Å². The Bertz CT molecular complexity index is 969. The summed E-state index contributed by atoms with van der Waals surface area (Å²) in [4.78, 5) is 39.3. The van der Waals surface area contributed by atoms with Crippen molar-refractivity contribution in [1.29, 1.82) is 0 Å². The second-order valence-corrected chi connectivity index (χ2v) is 9.19. The van der Waals surface area contributed by atoms with Crippen molar-refractivity contribution in [3.05, 3.63) is 71.3 Å². The highest BCUT2D eigenvalue weighted by molar-refractivity contribution is 7.99. The maximum atomic E-state index is 13.3. The van der Waals surface area contributed by atoms with E-state index < -0.39 is 23.3 Å². The van der Waals surface area contributed by atoms with E-state index in [0.29, 0.717) is 18.6 Å². The fourth-order valence-electron chi connectivity index (χ4n) is 3.96. The van der Waals surface area contributed by atoms with Gasteiger partial charge in [-0.1, -0.05) is 54.6 Å². The molecule has 1 saturated heterocycles. The van der Waals surface area contributed by atoms with Gasteiger partial charge in [0, 0.05) is 12.2 Å². The lowest BCUT2D eigenvalue weighted by Crippen LogP contribution is -2.53. The summed E-state index contributed by atoms with van der Waals surface area (Å²) in [6.45, 7) is 0. The molecule has 0 spiro atoms. The first-order chi connectivity index (χ1) is 14.5. The van der Waals surface area contributed by atoms with Crippen molar-refractivity contribution < 1.29 is 19.5 Å². The number of rotatable bonds is 5. The number of thioether (sulfide) groups is 1. The molecule has 0 aliphatic carbocycles. The van der Waals surface area contributed by atoms with E-state index >= 15 is 0 Å². The van der Waals surface area contributed by atoms with Crippen LogP contribution in [-0.4, -0.2) is 50.9 Å². The molecule has 4 rings (SSSR count). The van der Waals surface area contributed by atoms with E-state index in [2.05, 4.69) is 17.9 Å². The van der Waals surface area contributed by atoms with Gasteiger partial charge in [-0.25, -0.2) is 4.79 Å². The molecule has 6 nitrogen and oxygen atoms in total. The summed E-state index contributed by atoms with van der Waals surface area (Å²) < 4.78 is 0. The second kappa shape index (κ2) is 8.73. The molecule has 2 aliphatic heterocycles. The van der Waals surface area contributed by atoms with Gasteiger partial charge in [0.05, 0.1) is 5.25 Å². The van der Waals surface area contributed by atoms with Gasteiger partial charge in [-0.3, -0.25) is 9.59 Å². The molecule has 2 amide bonds.